The lowest BCUT2D eigenvalue weighted by atomic mass is 10.2. The molecule has 0 spiro atoms. The summed E-state index contributed by atoms with van der Waals surface area (Å²) in [6.45, 7) is 0. The maximum atomic E-state index is 12.7. The summed E-state index contributed by atoms with van der Waals surface area (Å²) >= 11 is 5.64. The summed E-state index contributed by atoms with van der Waals surface area (Å²) in [6.07, 6.45) is 0. The maximum Gasteiger partial charge on any atom is 0.259 e. The molecule has 0 radical (unpaired) electrons. The molecule has 4 aromatic rings. The minimum absolute atomic E-state index is 0.265. The van der Waals surface area contributed by atoms with E-state index < -0.39 is 0 Å². The van der Waals surface area contributed by atoms with Crippen LogP contribution in [0, 0.1) is 3.57 Å². The molecule has 0 bridgehead atoms. The molecular weight excluding hydrogens is 535 g/mol. The number of halogens is 2. The van der Waals surface area contributed by atoms with Crippen molar-refractivity contribution in [2.75, 3.05) is 12.4 Å². The normalized spacial score (nSPS) is 10.8. The molecule has 5 nitrogen and oxygen atoms in total. The number of ether oxygens (including phenoxy) is 1. The third-order valence-corrected chi connectivity index (χ3v) is 5.29. The predicted octanol–water partition coefficient (Wildman–Crippen LogP) is 6.12. The summed E-state index contributed by atoms with van der Waals surface area (Å²) in [5.74, 6) is 0.786. The fourth-order valence-corrected chi connectivity index (χ4v) is 3.71. The predicted molar refractivity (Wildman–Crippen MR) is 121 cm³/mol. The summed E-state index contributed by atoms with van der Waals surface area (Å²) in [6, 6.07) is 18.6. The number of nitrogens with zero attached hydrogens (tertiary/aromatic N) is 1. The van der Waals surface area contributed by atoms with Gasteiger partial charge in [-0.2, -0.15) is 0 Å². The Morgan fingerprint density at radius 1 is 1.14 bits per heavy atom. The van der Waals surface area contributed by atoms with Gasteiger partial charge in [0.25, 0.3) is 5.91 Å². The number of fused-ring (bicyclic) bond motifs is 1. The van der Waals surface area contributed by atoms with Gasteiger partial charge in [-0.05, 0) is 77.2 Å². The Kier molecular flexibility index (Phi) is 5.36. The molecule has 28 heavy (non-hydrogen) atoms. The molecule has 0 fully saturated rings. The van der Waals surface area contributed by atoms with Gasteiger partial charge in [0, 0.05) is 19.3 Å². The van der Waals surface area contributed by atoms with E-state index in [-0.39, 0.29) is 5.91 Å². The monoisotopic (exact) mass is 548 g/mol. The van der Waals surface area contributed by atoms with Gasteiger partial charge in [0.1, 0.15) is 11.3 Å². The zero-order valence-corrected chi connectivity index (χ0v) is 18.4. The second-order valence-electron chi connectivity index (χ2n) is 6.01. The average molecular weight is 549 g/mol. The molecule has 1 N–H and O–H groups in total. The van der Waals surface area contributed by atoms with Gasteiger partial charge in [0.2, 0.25) is 5.89 Å². The van der Waals surface area contributed by atoms with Crippen LogP contribution in [0.25, 0.3) is 22.6 Å². The molecule has 0 aliphatic rings. The van der Waals surface area contributed by atoms with E-state index in [4.69, 9.17) is 9.15 Å². The number of carbonyl (C=O) groups excluding carboxylic acids is 1. The second-order valence-corrected chi connectivity index (χ2v) is 8.17. The van der Waals surface area contributed by atoms with E-state index in [2.05, 4.69) is 48.8 Å². The van der Waals surface area contributed by atoms with Crippen LogP contribution in [-0.2, 0) is 0 Å². The highest BCUT2D eigenvalue weighted by Gasteiger charge is 2.15. The largest absolute Gasteiger partial charge is 0.496 e. The molecule has 4 rings (SSSR count). The highest BCUT2D eigenvalue weighted by molar-refractivity contribution is 14.1. The zero-order valence-electron chi connectivity index (χ0n) is 14.7. The highest BCUT2D eigenvalue weighted by atomic mass is 127. The summed E-state index contributed by atoms with van der Waals surface area (Å²) in [5.41, 5.74) is 3.31. The van der Waals surface area contributed by atoms with Gasteiger partial charge in [-0.1, -0.05) is 22.0 Å². The van der Waals surface area contributed by atoms with E-state index in [0.717, 1.165) is 13.6 Å². The molecule has 0 aliphatic carbocycles. The van der Waals surface area contributed by atoms with E-state index in [1.165, 1.54) is 7.11 Å². The molecule has 7 heteroatoms. The Balaban J connectivity index is 1.63. The minimum atomic E-state index is -0.265. The zero-order chi connectivity index (χ0) is 19.7. The van der Waals surface area contributed by atoms with Crippen LogP contribution in [0.3, 0.4) is 0 Å². The van der Waals surface area contributed by atoms with Crippen molar-refractivity contribution in [2.24, 2.45) is 0 Å². The topological polar surface area (TPSA) is 64.4 Å². The maximum absolute atomic E-state index is 12.7. The van der Waals surface area contributed by atoms with Crippen LogP contribution in [0.15, 0.2) is 69.6 Å². The number of rotatable bonds is 4. The van der Waals surface area contributed by atoms with Crippen molar-refractivity contribution < 1.29 is 13.9 Å². The van der Waals surface area contributed by atoms with Crippen molar-refractivity contribution in [3.05, 3.63) is 74.3 Å². The number of benzene rings is 3. The lowest BCUT2D eigenvalue weighted by Crippen LogP contribution is -2.13. The SMILES string of the molecule is COc1ccc(Br)cc1C(=O)Nc1ccc2oc(-c3cccc(I)c3)nc2c1. The Labute approximate surface area is 183 Å². The van der Waals surface area contributed by atoms with E-state index in [1.54, 1.807) is 30.3 Å². The number of nitrogens with one attached hydrogen (secondary N) is 1. The van der Waals surface area contributed by atoms with Crippen molar-refractivity contribution in [3.8, 4) is 17.2 Å². The first kappa shape index (κ1) is 18.9. The highest BCUT2D eigenvalue weighted by Crippen LogP contribution is 2.28. The molecule has 0 atom stereocenters. The van der Waals surface area contributed by atoms with Crippen molar-refractivity contribution in [2.45, 2.75) is 0 Å². The van der Waals surface area contributed by atoms with E-state index >= 15 is 0 Å². The number of hydrogen-bond donors (Lipinski definition) is 1. The first-order valence-corrected chi connectivity index (χ1v) is 10.2. The van der Waals surface area contributed by atoms with Crippen molar-refractivity contribution in [1.29, 1.82) is 0 Å². The molecular formula is C21H14BrIN2O3. The number of amides is 1. The number of hydrogen-bond acceptors (Lipinski definition) is 4. The Hall–Kier alpha value is -2.39. The number of anilines is 1. The van der Waals surface area contributed by atoms with Gasteiger partial charge < -0.3 is 14.5 Å². The van der Waals surface area contributed by atoms with Gasteiger partial charge in [-0.15, -0.1) is 0 Å². The lowest BCUT2D eigenvalue weighted by Gasteiger charge is -2.09. The number of aromatic nitrogens is 1. The quantitative estimate of drug-likeness (QED) is 0.312. The second kappa shape index (κ2) is 7.92. The van der Waals surface area contributed by atoms with Crippen LogP contribution >= 0.6 is 38.5 Å². The summed E-state index contributed by atoms with van der Waals surface area (Å²) < 4.78 is 13.0. The molecule has 0 unspecified atom stereocenters. The Morgan fingerprint density at radius 3 is 2.79 bits per heavy atom. The molecule has 1 amide bonds. The summed E-state index contributed by atoms with van der Waals surface area (Å²) in [7, 11) is 1.54. The molecule has 0 aliphatic heterocycles. The van der Waals surface area contributed by atoms with Crippen molar-refractivity contribution in [3.63, 3.8) is 0 Å². The molecule has 1 heterocycles. The van der Waals surface area contributed by atoms with Crippen molar-refractivity contribution in [1.82, 2.24) is 4.98 Å². The van der Waals surface area contributed by atoms with Crippen LogP contribution < -0.4 is 10.1 Å². The number of methoxy groups -OCH3 is 1. The standard InChI is InChI=1S/C21H14BrIN2O3/c1-27-18-7-5-13(22)10-16(18)20(26)24-15-6-8-19-17(11-15)25-21(28-19)12-3-2-4-14(23)9-12/h2-11H,1H3,(H,24,26). The van der Waals surface area contributed by atoms with Gasteiger partial charge in [-0.25, -0.2) is 4.98 Å². The van der Waals surface area contributed by atoms with Gasteiger partial charge in [0.05, 0.1) is 12.7 Å². The van der Waals surface area contributed by atoms with E-state index in [0.29, 0.717) is 34.0 Å². The number of carbonyl (C=O) groups is 1. The van der Waals surface area contributed by atoms with Crippen LogP contribution in [0.1, 0.15) is 10.4 Å². The summed E-state index contributed by atoms with van der Waals surface area (Å²) in [5, 5.41) is 2.89. The van der Waals surface area contributed by atoms with Crippen LogP contribution in [0.2, 0.25) is 0 Å². The fourth-order valence-electron chi connectivity index (χ4n) is 2.81. The van der Waals surface area contributed by atoms with Gasteiger partial charge >= 0.3 is 0 Å². The van der Waals surface area contributed by atoms with E-state index in [9.17, 15) is 4.79 Å². The third kappa shape index (κ3) is 3.90. The number of oxazole rings is 1. The molecule has 140 valence electrons. The smallest absolute Gasteiger partial charge is 0.259 e. The molecule has 0 saturated carbocycles. The van der Waals surface area contributed by atoms with Gasteiger partial charge in [-0.3, -0.25) is 4.79 Å². The molecule has 0 saturated heterocycles. The third-order valence-electron chi connectivity index (χ3n) is 4.12. The van der Waals surface area contributed by atoms with Crippen LogP contribution in [-0.4, -0.2) is 18.0 Å². The van der Waals surface area contributed by atoms with Gasteiger partial charge in [0.15, 0.2) is 5.58 Å². The average Bonchev–Trinajstić information content (AvgIpc) is 3.11. The Morgan fingerprint density at radius 2 is 2.00 bits per heavy atom. The van der Waals surface area contributed by atoms with E-state index in [1.807, 2.05) is 30.3 Å². The molecule has 3 aromatic carbocycles. The Bertz CT molecular complexity index is 1190. The van der Waals surface area contributed by atoms with Crippen LogP contribution in [0.5, 0.6) is 5.75 Å². The summed E-state index contributed by atoms with van der Waals surface area (Å²) in [4.78, 5) is 17.2. The minimum Gasteiger partial charge on any atom is -0.496 e. The lowest BCUT2D eigenvalue weighted by molar-refractivity contribution is 0.102. The first-order chi connectivity index (χ1) is 13.5. The van der Waals surface area contributed by atoms with Crippen LogP contribution in [0.4, 0.5) is 5.69 Å². The first-order valence-electron chi connectivity index (χ1n) is 8.35. The fraction of sp³-hybridized carbons (Fsp3) is 0.0476. The van der Waals surface area contributed by atoms with Crippen molar-refractivity contribution >= 4 is 61.2 Å². The molecule has 1 aromatic heterocycles.